The summed E-state index contributed by atoms with van der Waals surface area (Å²) in [6.45, 7) is 4.85. The van der Waals surface area contributed by atoms with Gasteiger partial charge in [-0.2, -0.15) is 13.2 Å². The van der Waals surface area contributed by atoms with Gasteiger partial charge in [-0.25, -0.2) is 4.98 Å². The monoisotopic (exact) mass is 278 g/mol. The quantitative estimate of drug-likeness (QED) is 0.682. The van der Waals surface area contributed by atoms with Crippen molar-refractivity contribution in [3.8, 4) is 0 Å². The number of nitrogens with zero attached hydrogens (tertiary/aromatic N) is 1. The first-order valence-corrected chi connectivity index (χ1v) is 5.30. The van der Waals surface area contributed by atoms with Crippen LogP contribution in [0.5, 0.6) is 0 Å². The van der Waals surface area contributed by atoms with E-state index in [0.29, 0.717) is 5.56 Å². The van der Waals surface area contributed by atoms with Crippen molar-refractivity contribution in [1.29, 1.82) is 0 Å². The van der Waals surface area contributed by atoms with E-state index in [0.717, 1.165) is 12.1 Å². The van der Waals surface area contributed by atoms with Gasteiger partial charge < -0.3 is 5.32 Å². The van der Waals surface area contributed by atoms with Crippen LogP contribution in [-0.4, -0.2) is 10.9 Å². The summed E-state index contributed by atoms with van der Waals surface area (Å²) >= 11 is 5.67. The second-order valence-corrected chi connectivity index (χ2v) is 3.87. The second kappa shape index (κ2) is 5.39. The van der Waals surface area contributed by atoms with Gasteiger partial charge in [0, 0.05) is 5.56 Å². The minimum Gasteiger partial charge on any atom is -0.346 e. The summed E-state index contributed by atoms with van der Waals surface area (Å²) in [6, 6.07) is 1.45. The summed E-state index contributed by atoms with van der Waals surface area (Å²) in [5.74, 6) is -0.446. The molecular formula is C11H10ClF3N2O. The molecule has 1 aromatic rings. The first kappa shape index (κ1) is 14.5. The van der Waals surface area contributed by atoms with Crippen LogP contribution in [0.2, 0.25) is 5.15 Å². The van der Waals surface area contributed by atoms with Crippen molar-refractivity contribution in [3.05, 3.63) is 41.2 Å². The molecule has 0 aliphatic carbocycles. The standard InChI is InChI=1S/C11H10ClF3N2O/c1-3-9(18)16-6(2)7-4-5-8(11(13,14)15)17-10(7)12/h3-6H,1H2,2H3,(H,16,18)/t6-/m1/s1. The molecule has 7 heteroatoms. The lowest BCUT2D eigenvalue weighted by Crippen LogP contribution is -2.25. The third-order valence-corrected chi connectivity index (χ3v) is 2.48. The maximum atomic E-state index is 12.4. The Kier molecular flexibility index (Phi) is 4.34. The molecule has 98 valence electrons. The Balaban J connectivity index is 2.99. The van der Waals surface area contributed by atoms with Crippen molar-refractivity contribution in [2.45, 2.75) is 19.1 Å². The van der Waals surface area contributed by atoms with Gasteiger partial charge in [0.1, 0.15) is 10.8 Å². The van der Waals surface area contributed by atoms with Crippen LogP contribution in [-0.2, 0) is 11.0 Å². The predicted octanol–water partition coefficient (Wildman–Crippen LogP) is 3.12. The molecule has 18 heavy (non-hydrogen) atoms. The number of rotatable bonds is 3. The Morgan fingerprint density at radius 2 is 2.17 bits per heavy atom. The van der Waals surface area contributed by atoms with Crippen LogP contribution < -0.4 is 5.32 Å². The average molecular weight is 279 g/mol. The molecule has 0 saturated carbocycles. The lowest BCUT2D eigenvalue weighted by Gasteiger charge is -2.15. The number of halogens is 4. The molecule has 0 radical (unpaired) electrons. The molecule has 1 N–H and O–H groups in total. The number of alkyl halides is 3. The van der Waals surface area contributed by atoms with Crippen LogP contribution in [0.15, 0.2) is 24.8 Å². The number of nitrogens with one attached hydrogen (secondary N) is 1. The third-order valence-electron chi connectivity index (χ3n) is 2.18. The number of aromatic nitrogens is 1. The number of pyridine rings is 1. The number of hydrogen-bond donors (Lipinski definition) is 1. The topological polar surface area (TPSA) is 42.0 Å². The number of carbonyl (C=O) groups excluding carboxylic acids is 1. The molecule has 1 amide bonds. The van der Waals surface area contributed by atoms with Crippen LogP contribution >= 0.6 is 11.6 Å². The molecule has 0 bridgehead atoms. The van der Waals surface area contributed by atoms with Crippen LogP contribution in [0.3, 0.4) is 0 Å². The molecule has 0 saturated heterocycles. The second-order valence-electron chi connectivity index (χ2n) is 3.51. The van der Waals surface area contributed by atoms with Crippen LogP contribution in [0, 0.1) is 0 Å². The maximum Gasteiger partial charge on any atom is 0.433 e. The summed E-state index contributed by atoms with van der Waals surface area (Å²) in [6.07, 6.45) is -3.49. The van der Waals surface area contributed by atoms with Crippen LogP contribution in [0.25, 0.3) is 0 Å². The van der Waals surface area contributed by atoms with E-state index in [4.69, 9.17) is 11.6 Å². The highest BCUT2D eigenvalue weighted by Crippen LogP contribution is 2.30. The van der Waals surface area contributed by atoms with E-state index in [1.54, 1.807) is 6.92 Å². The highest BCUT2D eigenvalue weighted by atomic mass is 35.5. The fourth-order valence-corrected chi connectivity index (χ4v) is 1.59. The van der Waals surface area contributed by atoms with Crippen molar-refractivity contribution >= 4 is 17.5 Å². The van der Waals surface area contributed by atoms with Crippen molar-refractivity contribution in [2.24, 2.45) is 0 Å². The molecule has 1 aromatic heterocycles. The smallest absolute Gasteiger partial charge is 0.346 e. The average Bonchev–Trinajstić information content (AvgIpc) is 2.27. The molecule has 1 atom stereocenters. The van der Waals surface area contributed by atoms with E-state index >= 15 is 0 Å². The Labute approximate surface area is 107 Å². The van der Waals surface area contributed by atoms with Gasteiger partial charge in [0.15, 0.2) is 0 Å². The van der Waals surface area contributed by atoms with E-state index in [1.807, 2.05) is 0 Å². The lowest BCUT2D eigenvalue weighted by molar-refractivity contribution is -0.141. The zero-order chi connectivity index (χ0) is 13.9. The minimum absolute atomic E-state index is 0.290. The van der Waals surface area contributed by atoms with Crippen molar-refractivity contribution < 1.29 is 18.0 Å². The molecule has 0 aliphatic rings. The van der Waals surface area contributed by atoms with Crippen LogP contribution in [0.1, 0.15) is 24.2 Å². The SMILES string of the molecule is C=CC(=O)N[C@H](C)c1ccc(C(F)(F)F)nc1Cl. The van der Waals surface area contributed by atoms with E-state index in [9.17, 15) is 18.0 Å². The summed E-state index contributed by atoms with van der Waals surface area (Å²) < 4.78 is 37.1. The minimum atomic E-state index is -4.55. The number of amides is 1. The van der Waals surface area contributed by atoms with E-state index in [2.05, 4.69) is 16.9 Å². The molecule has 0 spiro atoms. The van der Waals surface area contributed by atoms with Crippen molar-refractivity contribution in [3.63, 3.8) is 0 Å². The van der Waals surface area contributed by atoms with E-state index in [1.165, 1.54) is 6.07 Å². The van der Waals surface area contributed by atoms with Gasteiger partial charge in [-0.05, 0) is 19.1 Å². The Hall–Kier alpha value is -1.56. The van der Waals surface area contributed by atoms with Crippen molar-refractivity contribution in [1.82, 2.24) is 10.3 Å². The van der Waals surface area contributed by atoms with E-state index < -0.39 is 23.8 Å². The van der Waals surface area contributed by atoms with Gasteiger partial charge in [-0.1, -0.05) is 24.2 Å². The Bertz CT molecular complexity index is 474. The fourth-order valence-electron chi connectivity index (χ4n) is 1.28. The predicted molar refractivity (Wildman–Crippen MR) is 61.0 cm³/mol. The van der Waals surface area contributed by atoms with Gasteiger partial charge in [0.25, 0.3) is 0 Å². The molecule has 1 rings (SSSR count). The number of hydrogen-bond acceptors (Lipinski definition) is 2. The highest BCUT2D eigenvalue weighted by Gasteiger charge is 2.33. The first-order chi connectivity index (χ1) is 8.25. The summed E-state index contributed by atoms with van der Waals surface area (Å²) in [7, 11) is 0. The molecule has 1 heterocycles. The maximum absolute atomic E-state index is 12.4. The van der Waals surface area contributed by atoms with Gasteiger partial charge in [-0.15, -0.1) is 0 Å². The largest absolute Gasteiger partial charge is 0.433 e. The fraction of sp³-hybridized carbons (Fsp3) is 0.273. The molecule has 3 nitrogen and oxygen atoms in total. The van der Waals surface area contributed by atoms with Gasteiger partial charge in [0.05, 0.1) is 6.04 Å². The third kappa shape index (κ3) is 3.46. The highest BCUT2D eigenvalue weighted by molar-refractivity contribution is 6.30. The number of carbonyl (C=O) groups is 1. The van der Waals surface area contributed by atoms with Gasteiger partial charge in [-0.3, -0.25) is 4.79 Å². The van der Waals surface area contributed by atoms with Crippen molar-refractivity contribution in [2.75, 3.05) is 0 Å². The van der Waals surface area contributed by atoms with E-state index in [-0.39, 0.29) is 5.15 Å². The first-order valence-electron chi connectivity index (χ1n) is 4.92. The zero-order valence-electron chi connectivity index (χ0n) is 9.38. The summed E-state index contributed by atoms with van der Waals surface area (Å²) in [4.78, 5) is 14.3. The van der Waals surface area contributed by atoms with Crippen LogP contribution in [0.4, 0.5) is 13.2 Å². The molecule has 0 unspecified atom stereocenters. The molecule has 0 aliphatic heterocycles. The zero-order valence-corrected chi connectivity index (χ0v) is 10.1. The normalized spacial score (nSPS) is 12.9. The van der Waals surface area contributed by atoms with Gasteiger partial charge in [0.2, 0.25) is 5.91 Å². The Morgan fingerprint density at radius 3 is 2.61 bits per heavy atom. The Morgan fingerprint density at radius 1 is 1.56 bits per heavy atom. The summed E-state index contributed by atoms with van der Waals surface area (Å²) in [5.41, 5.74) is -0.765. The lowest BCUT2D eigenvalue weighted by atomic mass is 10.1. The molecular weight excluding hydrogens is 269 g/mol. The molecule has 0 fully saturated rings. The van der Waals surface area contributed by atoms with Gasteiger partial charge >= 0.3 is 6.18 Å². The summed E-state index contributed by atoms with van der Waals surface area (Å²) in [5, 5.41) is 2.19. The molecule has 0 aromatic carbocycles.